The number of carbonyl (C=O) groups excluding carboxylic acids is 1. The van der Waals surface area contributed by atoms with Gasteiger partial charge in [-0.3, -0.25) is 9.59 Å². The van der Waals surface area contributed by atoms with Crippen LogP contribution in [0.25, 0.3) is 0 Å². The lowest BCUT2D eigenvalue weighted by atomic mass is 9.96. The van der Waals surface area contributed by atoms with Gasteiger partial charge in [-0.25, -0.2) is 0 Å². The van der Waals surface area contributed by atoms with Crippen molar-refractivity contribution in [3.05, 3.63) is 23.8 Å². The number of methoxy groups -OCH3 is 1. The molecule has 0 saturated carbocycles. The number of carboxylic acid groups (broad SMARTS) is 1. The number of carboxylic acids is 1. The van der Waals surface area contributed by atoms with Crippen LogP contribution in [-0.2, 0) is 4.79 Å². The van der Waals surface area contributed by atoms with Gasteiger partial charge in [0.15, 0.2) is 0 Å². The van der Waals surface area contributed by atoms with E-state index in [-0.39, 0.29) is 24.4 Å². The van der Waals surface area contributed by atoms with E-state index in [1.54, 1.807) is 0 Å². The van der Waals surface area contributed by atoms with Crippen molar-refractivity contribution in [3.63, 3.8) is 0 Å². The molecule has 1 heterocycles. The average Bonchev–Trinajstić information content (AvgIpc) is 2.53. The standard InChI is InChI=1S/C15H17F2NO5/c1-22-10-2-3-11(12(8-10)23-15(16)17)13(19)18-6-4-9(5-7-18)14(20)21/h2-3,8-9,15H,4-7H2,1H3,(H,20,21). The zero-order valence-electron chi connectivity index (χ0n) is 12.5. The molecule has 0 unspecified atom stereocenters. The van der Waals surface area contributed by atoms with Crippen LogP contribution in [0.3, 0.4) is 0 Å². The maximum absolute atomic E-state index is 12.5. The van der Waals surface area contributed by atoms with E-state index in [4.69, 9.17) is 9.84 Å². The quantitative estimate of drug-likeness (QED) is 0.896. The van der Waals surface area contributed by atoms with Crippen LogP contribution in [0.4, 0.5) is 8.78 Å². The Labute approximate surface area is 131 Å². The minimum absolute atomic E-state index is 0.000116. The number of carbonyl (C=O) groups is 2. The second kappa shape index (κ2) is 7.26. The van der Waals surface area contributed by atoms with E-state index in [1.165, 1.54) is 30.2 Å². The molecule has 1 amide bonds. The highest BCUT2D eigenvalue weighted by Gasteiger charge is 2.29. The molecule has 0 aromatic heterocycles. The summed E-state index contributed by atoms with van der Waals surface area (Å²) >= 11 is 0. The van der Waals surface area contributed by atoms with Gasteiger partial charge in [-0.15, -0.1) is 0 Å². The monoisotopic (exact) mass is 329 g/mol. The number of hydrogen-bond acceptors (Lipinski definition) is 4. The van der Waals surface area contributed by atoms with Crippen LogP contribution in [0.2, 0.25) is 0 Å². The predicted molar refractivity (Wildman–Crippen MR) is 75.9 cm³/mol. The molecule has 1 aromatic rings. The number of rotatable bonds is 5. The third-order valence-corrected chi connectivity index (χ3v) is 3.77. The molecule has 1 aromatic carbocycles. The molecular formula is C15H17F2NO5. The number of hydrogen-bond donors (Lipinski definition) is 1. The Morgan fingerprint density at radius 3 is 2.48 bits per heavy atom. The van der Waals surface area contributed by atoms with E-state index in [2.05, 4.69) is 4.74 Å². The first-order valence-electron chi connectivity index (χ1n) is 7.07. The molecule has 0 spiro atoms. The lowest BCUT2D eigenvalue weighted by Gasteiger charge is -2.30. The fourth-order valence-electron chi connectivity index (χ4n) is 2.50. The van der Waals surface area contributed by atoms with Crippen molar-refractivity contribution < 1.29 is 33.0 Å². The minimum Gasteiger partial charge on any atom is -0.497 e. The van der Waals surface area contributed by atoms with Gasteiger partial charge in [0.1, 0.15) is 11.5 Å². The molecule has 0 atom stereocenters. The fourth-order valence-corrected chi connectivity index (χ4v) is 2.50. The second-order valence-corrected chi connectivity index (χ2v) is 5.15. The summed E-state index contributed by atoms with van der Waals surface area (Å²) in [5.74, 6) is -1.80. The highest BCUT2D eigenvalue weighted by Crippen LogP contribution is 2.29. The summed E-state index contributed by atoms with van der Waals surface area (Å²) in [4.78, 5) is 24.9. The van der Waals surface area contributed by atoms with Crippen molar-refractivity contribution >= 4 is 11.9 Å². The maximum Gasteiger partial charge on any atom is 0.387 e. The zero-order valence-corrected chi connectivity index (χ0v) is 12.5. The van der Waals surface area contributed by atoms with Crippen LogP contribution in [-0.4, -0.2) is 48.7 Å². The summed E-state index contributed by atoms with van der Waals surface area (Å²) in [6, 6.07) is 4.07. The Kier molecular flexibility index (Phi) is 5.36. The number of piperidine rings is 1. The largest absolute Gasteiger partial charge is 0.497 e. The summed E-state index contributed by atoms with van der Waals surface area (Å²) in [6.45, 7) is -2.54. The van der Waals surface area contributed by atoms with Crippen LogP contribution in [0.5, 0.6) is 11.5 Å². The third kappa shape index (κ3) is 4.08. The molecule has 1 saturated heterocycles. The van der Waals surface area contributed by atoms with E-state index in [9.17, 15) is 18.4 Å². The Morgan fingerprint density at radius 2 is 1.96 bits per heavy atom. The Balaban J connectivity index is 2.17. The van der Waals surface area contributed by atoms with Crippen molar-refractivity contribution in [2.24, 2.45) is 5.92 Å². The maximum atomic E-state index is 12.5. The summed E-state index contributed by atoms with van der Waals surface area (Å²) in [5, 5.41) is 8.96. The molecule has 1 aliphatic heterocycles. The zero-order chi connectivity index (χ0) is 17.0. The number of aliphatic carboxylic acids is 1. The van der Waals surface area contributed by atoms with Gasteiger partial charge in [0.05, 0.1) is 18.6 Å². The van der Waals surface area contributed by atoms with E-state index in [0.717, 1.165) is 0 Å². The minimum atomic E-state index is -3.06. The lowest BCUT2D eigenvalue weighted by Crippen LogP contribution is -2.40. The first-order chi connectivity index (χ1) is 10.9. The number of likely N-dealkylation sites (tertiary alicyclic amines) is 1. The molecular weight excluding hydrogens is 312 g/mol. The molecule has 0 radical (unpaired) electrons. The van der Waals surface area contributed by atoms with Gasteiger partial charge in [-0.05, 0) is 25.0 Å². The van der Waals surface area contributed by atoms with Gasteiger partial charge >= 0.3 is 12.6 Å². The number of benzene rings is 1. The highest BCUT2D eigenvalue weighted by atomic mass is 19.3. The summed E-state index contributed by atoms with van der Waals surface area (Å²) in [5.41, 5.74) is -0.000116. The Hall–Kier alpha value is -2.38. The van der Waals surface area contributed by atoms with Crippen LogP contribution in [0.1, 0.15) is 23.2 Å². The smallest absolute Gasteiger partial charge is 0.387 e. The lowest BCUT2D eigenvalue weighted by molar-refractivity contribution is -0.143. The van der Waals surface area contributed by atoms with Crippen LogP contribution in [0, 0.1) is 5.92 Å². The molecule has 1 N–H and O–H groups in total. The normalized spacial score (nSPS) is 15.6. The Bertz CT molecular complexity index is 585. The third-order valence-electron chi connectivity index (χ3n) is 3.77. The summed E-state index contributed by atoms with van der Waals surface area (Å²) in [6.07, 6.45) is 0.671. The highest BCUT2D eigenvalue weighted by molar-refractivity contribution is 5.97. The molecule has 126 valence electrons. The average molecular weight is 329 g/mol. The molecule has 0 bridgehead atoms. The number of nitrogens with zero attached hydrogens (tertiary/aromatic N) is 1. The molecule has 2 rings (SSSR count). The fraction of sp³-hybridized carbons (Fsp3) is 0.467. The molecule has 23 heavy (non-hydrogen) atoms. The molecule has 0 aliphatic carbocycles. The molecule has 8 heteroatoms. The number of alkyl halides is 2. The van der Waals surface area contributed by atoms with Crippen molar-refractivity contribution in [2.45, 2.75) is 19.5 Å². The van der Waals surface area contributed by atoms with Gasteiger partial charge < -0.3 is 19.5 Å². The Morgan fingerprint density at radius 1 is 1.30 bits per heavy atom. The topological polar surface area (TPSA) is 76.1 Å². The second-order valence-electron chi connectivity index (χ2n) is 5.15. The number of ether oxygens (including phenoxy) is 2. The van der Waals surface area contributed by atoms with E-state index >= 15 is 0 Å². The van der Waals surface area contributed by atoms with Crippen LogP contribution >= 0.6 is 0 Å². The van der Waals surface area contributed by atoms with Crippen LogP contribution < -0.4 is 9.47 Å². The van der Waals surface area contributed by atoms with Gasteiger partial charge in [0.2, 0.25) is 0 Å². The first-order valence-corrected chi connectivity index (χ1v) is 7.07. The van der Waals surface area contributed by atoms with Gasteiger partial charge in [-0.1, -0.05) is 0 Å². The van der Waals surface area contributed by atoms with Crippen LogP contribution in [0.15, 0.2) is 18.2 Å². The van der Waals surface area contributed by atoms with E-state index in [1.807, 2.05) is 0 Å². The summed E-state index contributed by atoms with van der Waals surface area (Å²) in [7, 11) is 1.37. The van der Waals surface area contributed by atoms with Crippen molar-refractivity contribution in [2.75, 3.05) is 20.2 Å². The van der Waals surface area contributed by atoms with Crippen molar-refractivity contribution in [1.82, 2.24) is 4.90 Å². The summed E-state index contributed by atoms with van der Waals surface area (Å²) < 4.78 is 34.4. The molecule has 6 nitrogen and oxygen atoms in total. The number of amides is 1. The molecule has 1 aliphatic rings. The van der Waals surface area contributed by atoms with E-state index in [0.29, 0.717) is 18.6 Å². The first kappa shape index (κ1) is 17.0. The number of halogens is 2. The molecule has 1 fully saturated rings. The van der Waals surface area contributed by atoms with Crippen molar-refractivity contribution in [3.8, 4) is 11.5 Å². The SMILES string of the molecule is COc1ccc(C(=O)N2CCC(C(=O)O)CC2)c(OC(F)F)c1. The van der Waals surface area contributed by atoms with Crippen molar-refractivity contribution in [1.29, 1.82) is 0 Å². The predicted octanol–water partition coefficient (Wildman–Crippen LogP) is 2.23. The van der Waals surface area contributed by atoms with E-state index < -0.39 is 24.4 Å². The van der Waals surface area contributed by atoms with Gasteiger partial charge in [0, 0.05) is 19.2 Å². The van der Waals surface area contributed by atoms with Gasteiger partial charge in [-0.2, -0.15) is 8.78 Å². The van der Waals surface area contributed by atoms with Gasteiger partial charge in [0.25, 0.3) is 5.91 Å².